The van der Waals surface area contributed by atoms with E-state index in [2.05, 4.69) is 45.7 Å². The lowest BCUT2D eigenvalue weighted by atomic mass is 9.99. The molecule has 11 nitrogen and oxygen atoms in total. The van der Waals surface area contributed by atoms with Gasteiger partial charge in [0, 0.05) is 32.3 Å². The Bertz CT molecular complexity index is 1850. The van der Waals surface area contributed by atoms with Gasteiger partial charge in [-0.15, -0.1) is 21.5 Å². The molecule has 2 aromatic heterocycles. The number of thiophene rings is 1. The molecule has 4 aromatic rings. The first-order valence-electron chi connectivity index (χ1n) is 13.1. The van der Waals surface area contributed by atoms with Crippen LogP contribution in [-0.2, 0) is 20.5 Å². The number of phosphoric acid groups is 1. The average Bonchev–Trinajstić information content (AvgIpc) is 3.43. The lowest BCUT2D eigenvalue weighted by molar-refractivity contribution is -0.116. The number of halogens is 1. The first kappa shape index (κ1) is 30.8. The van der Waals surface area contributed by atoms with Gasteiger partial charge in [-0.25, -0.2) is 4.57 Å². The first-order valence-corrected chi connectivity index (χ1v) is 15.9. The Morgan fingerprint density at radius 3 is 2.63 bits per heavy atom. The molecule has 5 rings (SSSR count). The van der Waals surface area contributed by atoms with Crippen molar-refractivity contribution >= 4 is 48.1 Å². The largest absolute Gasteiger partial charge is 0.469 e. The van der Waals surface area contributed by atoms with Crippen LogP contribution >= 0.6 is 30.8 Å². The van der Waals surface area contributed by atoms with E-state index >= 15 is 0 Å². The summed E-state index contributed by atoms with van der Waals surface area (Å²) in [6, 6.07) is 11.6. The van der Waals surface area contributed by atoms with Gasteiger partial charge in [0.15, 0.2) is 5.82 Å². The zero-order valence-electron chi connectivity index (χ0n) is 23.5. The van der Waals surface area contributed by atoms with Gasteiger partial charge in [0.2, 0.25) is 5.91 Å². The lowest BCUT2D eigenvalue weighted by Crippen LogP contribution is -2.17. The number of benzene rings is 2. The van der Waals surface area contributed by atoms with Gasteiger partial charge < -0.3 is 20.8 Å². The van der Waals surface area contributed by atoms with E-state index in [0.717, 1.165) is 32.3 Å². The molecular weight excluding hydrogens is 611 g/mol. The van der Waals surface area contributed by atoms with Crippen molar-refractivity contribution in [3.05, 3.63) is 91.8 Å². The summed E-state index contributed by atoms with van der Waals surface area (Å²) in [5.41, 5.74) is 10.4. The van der Waals surface area contributed by atoms with E-state index in [1.54, 1.807) is 41.7 Å². The van der Waals surface area contributed by atoms with E-state index in [1.807, 2.05) is 23.6 Å². The van der Waals surface area contributed by atoms with Crippen LogP contribution in [-0.4, -0.2) is 42.7 Å². The number of aromatic nitrogens is 3. The molecule has 43 heavy (non-hydrogen) atoms. The van der Waals surface area contributed by atoms with Gasteiger partial charge in [0.1, 0.15) is 16.9 Å². The molecule has 0 aliphatic carbocycles. The number of aryl methyl sites for hydroxylation is 2. The van der Waals surface area contributed by atoms with Crippen LogP contribution in [0.1, 0.15) is 56.8 Å². The number of nitrogens with zero attached hydrogens (tertiary/aromatic N) is 4. The summed E-state index contributed by atoms with van der Waals surface area (Å²) in [6.07, 6.45) is -0.0504. The molecule has 5 N–H and O–H groups in total. The fourth-order valence-corrected chi connectivity index (χ4v) is 6.38. The lowest BCUT2D eigenvalue weighted by Gasteiger charge is -2.14. The second-order valence-corrected chi connectivity index (χ2v) is 12.7. The predicted octanol–water partition coefficient (Wildman–Crippen LogP) is 4.75. The minimum Gasteiger partial charge on any atom is -0.326 e. The highest BCUT2D eigenvalue weighted by molar-refractivity contribution is 7.46. The van der Waals surface area contributed by atoms with E-state index in [4.69, 9.17) is 22.3 Å². The minimum atomic E-state index is -4.73. The monoisotopic (exact) mass is 638 g/mol. The summed E-state index contributed by atoms with van der Waals surface area (Å²) >= 11 is 7.81. The maximum atomic E-state index is 13.5. The van der Waals surface area contributed by atoms with Crippen LogP contribution in [0, 0.1) is 32.6 Å². The van der Waals surface area contributed by atoms with E-state index in [-0.39, 0.29) is 18.9 Å². The SMILES string of the molecule is Cc1sc2c(c1C)C(c1ccc(Cl)cc1)=N[C@@H](CC(=O)Nc1ccc(C#CCN)c(COP(=O)(O)O)c1)c1nnc(C)n1-2. The Balaban J connectivity index is 1.50. The Morgan fingerprint density at radius 1 is 1.19 bits per heavy atom. The smallest absolute Gasteiger partial charge is 0.326 e. The number of carbonyl (C=O) groups is 1. The molecule has 1 atom stereocenters. The molecule has 1 amide bonds. The average molecular weight is 639 g/mol. The number of hydrogen-bond acceptors (Lipinski definition) is 8. The molecule has 0 saturated carbocycles. The molecule has 0 unspecified atom stereocenters. The number of nitrogens with two attached hydrogens (primary N) is 1. The molecular formula is C29H28ClN6O5PS. The summed E-state index contributed by atoms with van der Waals surface area (Å²) in [6.45, 7) is 5.67. The van der Waals surface area contributed by atoms with Gasteiger partial charge in [0.25, 0.3) is 0 Å². The Labute approximate surface area is 257 Å². The van der Waals surface area contributed by atoms with E-state index in [9.17, 15) is 19.1 Å². The number of carbonyl (C=O) groups excluding carboxylic acids is 1. The normalized spacial score (nSPS) is 14.2. The molecule has 0 radical (unpaired) electrons. The van der Waals surface area contributed by atoms with Gasteiger partial charge in [-0.05, 0) is 62.2 Å². The summed E-state index contributed by atoms with van der Waals surface area (Å²) < 4.78 is 18.0. The standard InChI is InChI=1S/C29H28ClN6O5PS/c1-16-17(2)43-29-26(16)27(20-6-9-22(30)10-7-20)33-24(28-35-34-18(3)36(28)29)14-25(37)32-23-11-8-19(5-4-12-31)21(13-23)15-41-42(38,39)40/h6-11,13,24H,12,14-15,31H2,1-3H3,(H,32,37)(H2,38,39,40)/t24-/m0/s1. The second kappa shape index (κ2) is 12.5. The minimum absolute atomic E-state index is 0.0504. The van der Waals surface area contributed by atoms with Crippen molar-refractivity contribution in [2.45, 2.75) is 39.8 Å². The number of phosphoric ester groups is 1. The molecule has 0 spiro atoms. The van der Waals surface area contributed by atoms with Crippen LogP contribution in [0.15, 0.2) is 47.5 Å². The van der Waals surface area contributed by atoms with Gasteiger partial charge in [-0.2, -0.15) is 0 Å². The van der Waals surface area contributed by atoms with Crippen molar-refractivity contribution in [2.24, 2.45) is 10.7 Å². The van der Waals surface area contributed by atoms with Crippen LogP contribution < -0.4 is 11.1 Å². The molecule has 14 heteroatoms. The number of fused-ring (bicyclic) bond motifs is 3. The molecule has 1 aliphatic rings. The van der Waals surface area contributed by atoms with Crippen LogP contribution in [0.3, 0.4) is 0 Å². The molecule has 0 saturated heterocycles. The Hall–Kier alpha value is -3.66. The molecule has 222 valence electrons. The maximum absolute atomic E-state index is 13.5. The van der Waals surface area contributed by atoms with Crippen molar-refractivity contribution in [3.63, 3.8) is 0 Å². The zero-order valence-corrected chi connectivity index (χ0v) is 25.9. The fourth-order valence-electron chi connectivity index (χ4n) is 4.73. The molecule has 3 heterocycles. The van der Waals surface area contributed by atoms with Crippen LogP contribution in [0.25, 0.3) is 5.00 Å². The first-order chi connectivity index (χ1) is 20.4. The number of aliphatic imine (C=N–C) groups is 1. The van der Waals surface area contributed by atoms with Crippen molar-refractivity contribution in [2.75, 3.05) is 11.9 Å². The second-order valence-electron chi connectivity index (χ2n) is 9.80. The molecule has 1 aliphatic heterocycles. The summed E-state index contributed by atoms with van der Waals surface area (Å²) in [5.74, 6) is 6.44. The Kier molecular flexibility index (Phi) is 8.96. The Morgan fingerprint density at radius 2 is 1.93 bits per heavy atom. The number of amides is 1. The van der Waals surface area contributed by atoms with Crippen molar-refractivity contribution < 1.29 is 23.7 Å². The number of hydrogen-bond donors (Lipinski definition) is 4. The van der Waals surface area contributed by atoms with Crippen LogP contribution in [0.5, 0.6) is 0 Å². The topological polar surface area (TPSA) is 165 Å². The van der Waals surface area contributed by atoms with E-state index < -0.39 is 20.5 Å². The van der Waals surface area contributed by atoms with E-state index in [1.165, 1.54) is 0 Å². The summed E-state index contributed by atoms with van der Waals surface area (Å²) in [4.78, 5) is 38.1. The summed E-state index contributed by atoms with van der Waals surface area (Å²) in [7, 11) is -4.73. The maximum Gasteiger partial charge on any atom is 0.469 e. The van der Waals surface area contributed by atoms with Gasteiger partial charge in [-0.1, -0.05) is 35.6 Å². The fraction of sp³-hybridized carbons (Fsp3) is 0.241. The third kappa shape index (κ3) is 6.79. The van der Waals surface area contributed by atoms with Gasteiger partial charge in [-0.3, -0.25) is 18.9 Å². The quantitative estimate of drug-likeness (QED) is 0.166. The van der Waals surface area contributed by atoms with Crippen molar-refractivity contribution in [1.82, 2.24) is 14.8 Å². The third-order valence-corrected chi connectivity index (χ3v) is 8.75. The highest BCUT2D eigenvalue weighted by atomic mass is 35.5. The number of nitrogens with one attached hydrogen (secondary N) is 1. The van der Waals surface area contributed by atoms with Crippen molar-refractivity contribution in [3.8, 4) is 16.8 Å². The number of rotatable bonds is 7. The highest BCUT2D eigenvalue weighted by Gasteiger charge is 2.32. The van der Waals surface area contributed by atoms with Crippen LogP contribution in [0.4, 0.5) is 5.69 Å². The highest BCUT2D eigenvalue weighted by Crippen LogP contribution is 2.40. The molecule has 0 bridgehead atoms. The van der Waals surface area contributed by atoms with Gasteiger partial charge >= 0.3 is 7.82 Å². The van der Waals surface area contributed by atoms with Crippen molar-refractivity contribution in [1.29, 1.82) is 0 Å². The van der Waals surface area contributed by atoms with Gasteiger partial charge in [0.05, 0.1) is 25.3 Å². The molecule has 0 fully saturated rings. The molecule has 2 aromatic carbocycles. The summed E-state index contributed by atoms with van der Waals surface area (Å²) in [5, 5.41) is 13.2. The zero-order chi connectivity index (χ0) is 30.9. The van der Waals surface area contributed by atoms with Crippen LogP contribution in [0.2, 0.25) is 5.02 Å². The predicted molar refractivity (Wildman–Crippen MR) is 166 cm³/mol. The number of anilines is 1. The van der Waals surface area contributed by atoms with E-state index in [0.29, 0.717) is 33.5 Å². The third-order valence-electron chi connectivity index (χ3n) is 6.84.